The molecule has 2 aromatic heterocycles. The Labute approximate surface area is 141 Å². The van der Waals surface area contributed by atoms with Gasteiger partial charge in [-0.1, -0.05) is 40.2 Å². The number of ketones is 1. The Kier molecular flexibility index (Phi) is 3.39. The number of nitrogens with one attached hydrogen (secondary N) is 2. The average Bonchev–Trinajstić information content (AvgIpc) is 3.15. The van der Waals surface area contributed by atoms with Crippen LogP contribution in [-0.4, -0.2) is 15.8 Å². The Morgan fingerprint density at radius 1 is 0.913 bits per heavy atom. The first-order valence-electron chi connectivity index (χ1n) is 7.27. The number of halogens is 1. The highest BCUT2D eigenvalue weighted by Gasteiger charge is 2.07. The number of rotatable bonds is 3. The molecule has 0 amide bonds. The third-order valence-electron chi connectivity index (χ3n) is 3.82. The molecule has 0 fully saturated rings. The standard InChI is InChI=1S/C19H13BrN2O/c20-14-6-5-13-10-18(22-17(13)11-14)19(23)8-7-15-9-12-3-1-2-4-16(12)21-15/h1-11,21-22H/b8-7+. The van der Waals surface area contributed by atoms with Gasteiger partial charge < -0.3 is 9.97 Å². The number of aromatic nitrogens is 2. The van der Waals surface area contributed by atoms with Gasteiger partial charge >= 0.3 is 0 Å². The molecule has 4 heteroatoms. The van der Waals surface area contributed by atoms with E-state index in [1.165, 1.54) is 0 Å². The predicted octanol–water partition coefficient (Wildman–Crippen LogP) is 5.31. The van der Waals surface area contributed by atoms with Crippen molar-refractivity contribution >= 4 is 49.6 Å². The molecule has 2 aromatic carbocycles. The van der Waals surface area contributed by atoms with E-state index in [1.807, 2.05) is 60.7 Å². The number of hydrogen-bond donors (Lipinski definition) is 2. The number of para-hydroxylation sites is 1. The summed E-state index contributed by atoms with van der Waals surface area (Å²) in [7, 11) is 0. The summed E-state index contributed by atoms with van der Waals surface area (Å²) in [6.07, 6.45) is 3.40. The first-order valence-corrected chi connectivity index (χ1v) is 8.07. The molecule has 0 unspecified atom stereocenters. The minimum absolute atomic E-state index is 0.0454. The van der Waals surface area contributed by atoms with Crippen molar-refractivity contribution in [1.82, 2.24) is 9.97 Å². The van der Waals surface area contributed by atoms with Crippen molar-refractivity contribution < 1.29 is 4.79 Å². The first-order chi connectivity index (χ1) is 11.2. The van der Waals surface area contributed by atoms with E-state index >= 15 is 0 Å². The number of fused-ring (bicyclic) bond motifs is 2. The van der Waals surface area contributed by atoms with Gasteiger partial charge in [0, 0.05) is 26.6 Å². The van der Waals surface area contributed by atoms with E-state index in [4.69, 9.17) is 0 Å². The Morgan fingerprint density at radius 2 is 1.74 bits per heavy atom. The zero-order valence-corrected chi connectivity index (χ0v) is 13.7. The van der Waals surface area contributed by atoms with E-state index in [0.29, 0.717) is 5.69 Å². The summed E-state index contributed by atoms with van der Waals surface area (Å²) in [5.74, 6) is -0.0454. The normalized spacial score (nSPS) is 11.7. The molecule has 0 aliphatic carbocycles. The summed E-state index contributed by atoms with van der Waals surface area (Å²) in [4.78, 5) is 18.8. The van der Waals surface area contributed by atoms with Crippen LogP contribution in [-0.2, 0) is 0 Å². The molecule has 0 aliphatic heterocycles. The lowest BCUT2D eigenvalue weighted by Crippen LogP contribution is -1.93. The summed E-state index contributed by atoms with van der Waals surface area (Å²) >= 11 is 3.43. The highest BCUT2D eigenvalue weighted by atomic mass is 79.9. The largest absolute Gasteiger partial charge is 0.355 e. The van der Waals surface area contributed by atoms with Crippen molar-refractivity contribution in [3.8, 4) is 0 Å². The van der Waals surface area contributed by atoms with Crippen molar-refractivity contribution in [2.24, 2.45) is 0 Å². The molecule has 23 heavy (non-hydrogen) atoms. The SMILES string of the molecule is O=C(/C=C/c1cc2ccccc2[nH]1)c1cc2ccc(Br)cc2[nH]1. The lowest BCUT2D eigenvalue weighted by Gasteiger charge is -1.90. The molecule has 0 aliphatic rings. The lowest BCUT2D eigenvalue weighted by molar-refractivity contribution is 0.104. The number of allylic oxidation sites excluding steroid dienone is 1. The highest BCUT2D eigenvalue weighted by Crippen LogP contribution is 2.21. The molecular weight excluding hydrogens is 352 g/mol. The quantitative estimate of drug-likeness (QED) is 0.375. The lowest BCUT2D eigenvalue weighted by atomic mass is 10.2. The second-order valence-corrected chi connectivity index (χ2v) is 6.34. The van der Waals surface area contributed by atoms with E-state index in [0.717, 1.165) is 32.0 Å². The third-order valence-corrected chi connectivity index (χ3v) is 4.31. The van der Waals surface area contributed by atoms with Gasteiger partial charge in [0.1, 0.15) is 0 Å². The number of benzene rings is 2. The number of carbonyl (C=O) groups is 1. The van der Waals surface area contributed by atoms with Crippen LogP contribution in [0.2, 0.25) is 0 Å². The zero-order valence-electron chi connectivity index (χ0n) is 12.1. The molecule has 0 radical (unpaired) electrons. The van der Waals surface area contributed by atoms with Crippen molar-refractivity contribution in [1.29, 1.82) is 0 Å². The van der Waals surface area contributed by atoms with Gasteiger partial charge in [-0.3, -0.25) is 4.79 Å². The number of aromatic amines is 2. The first kappa shape index (κ1) is 14.0. The molecular formula is C19H13BrN2O. The fourth-order valence-electron chi connectivity index (χ4n) is 2.67. The van der Waals surface area contributed by atoms with Crippen LogP contribution in [0.1, 0.15) is 16.2 Å². The Balaban J connectivity index is 1.62. The number of hydrogen-bond acceptors (Lipinski definition) is 1. The molecule has 0 bridgehead atoms. The minimum atomic E-state index is -0.0454. The third kappa shape index (κ3) is 2.73. The molecule has 2 N–H and O–H groups in total. The van der Waals surface area contributed by atoms with Crippen LogP contribution in [0, 0.1) is 0 Å². The molecule has 4 rings (SSSR count). The van der Waals surface area contributed by atoms with Crippen molar-refractivity contribution in [2.45, 2.75) is 0 Å². The van der Waals surface area contributed by atoms with Gasteiger partial charge in [-0.2, -0.15) is 0 Å². The second-order valence-electron chi connectivity index (χ2n) is 5.42. The maximum Gasteiger partial charge on any atom is 0.202 e. The van der Waals surface area contributed by atoms with E-state index in [-0.39, 0.29) is 5.78 Å². The van der Waals surface area contributed by atoms with Crippen molar-refractivity contribution in [3.63, 3.8) is 0 Å². The van der Waals surface area contributed by atoms with E-state index in [1.54, 1.807) is 6.08 Å². The van der Waals surface area contributed by atoms with Gasteiger partial charge in [0.25, 0.3) is 0 Å². The van der Waals surface area contributed by atoms with Crippen molar-refractivity contribution in [3.05, 3.63) is 76.5 Å². The van der Waals surface area contributed by atoms with E-state index < -0.39 is 0 Å². The summed E-state index contributed by atoms with van der Waals surface area (Å²) in [6.45, 7) is 0. The van der Waals surface area contributed by atoms with Crippen LogP contribution in [0.25, 0.3) is 27.9 Å². The fourth-order valence-corrected chi connectivity index (χ4v) is 3.03. The van der Waals surface area contributed by atoms with Crippen LogP contribution in [0.15, 0.2) is 65.1 Å². The van der Waals surface area contributed by atoms with Gasteiger partial charge in [-0.25, -0.2) is 0 Å². The summed E-state index contributed by atoms with van der Waals surface area (Å²) in [5, 5.41) is 2.16. The number of carbonyl (C=O) groups excluding carboxylic acids is 1. The van der Waals surface area contributed by atoms with Gasteiger partial charge in [0.15, 0.2) is 0 Å². The van der Waals surface area contributed by atoms with Crippen LogP contribution < -0.4 is 0 Å². The molecule has 3 nitrogen and oxygen atoms in total. The molecule has 0 saturated heterocycles. The highest BCUT2D eigenvalue weighted by molar-refractivity contribution is 9.10. The Hall–Kier alpha value is -2.59. The minimum Gasteiger partial charge on any atom is -0.355 e. The Bertz CT molecular complexity index is 1020. The molecule has 0 saturated carbocycles. The smallest absolute Gasteiger partial charge is 0.202 e. The number of H-pyrrole nitrogens is 2. The van der Waals surface area contributed by atoms with Crippen LogP contribution in [0.5, 0.6) is 0 Å². The van der Waals surface area contributed by atoms with Gasteiger partial charge in [-0.05, 0) is 47.9 Å². The average molecular weight is 365 g/mol. The summed E-state index contributed by atoms with van der Waals surface area (Å²) in [6, 6.07) is 17.9. The maximum atomic E-state index is 12.3. The van der Waals surface area contributed by atoms with E-state index in [2.05, 4.69) is 25.9 Å². The second kappa shape index (κ2) is 5.56. The van der Waals surface area contributed by atoms with Gasteiger partial charge in [-0.15, -0.1) is 0 Å². The summed E-state index contributed by atoms with van der Waals surface area (Å²) in [5.41, 5.74) is 3.51. The molecule has 4 aromatic rings. The van der Waals surface area contributed by atoms with E-state index in [9.17, 15) is 4.79 Å². The molecule has 2 heterocycles. The topological polar surface area (TPSA) is 48.6 Å². The monoisotopic (exact) mass is 364 g/mol. The van der Waals surface area contributed by atoms with Gasteiger partial charge in [0.05, 0.1) is 5.69 Å². The fraction of sp³-hybridized carbons (Fsp3) is 0. The predicted molar refractivity (Wildman–Crippen MR) is 97.7 cm³/mol. The molecule has 0 spiro atoms. The van der Waals surface area contributed by atoms with Crippen LogP contribution in [0.3, 0.4) is 0 Å². The van der Waals surface area contributed by atoms with Crippen LogP contribution in [0.4, 0.5) is 0 Å². The molecule has 112 valence electrons. The van der Waals surface area contributed by atoms with Crippen LogP contribution >= 0.6 is 15.9 Å². The Morgan fingerprint density at radius 3 is 2.61 bits per heavy atom. The van der Waals surface area contributed by atoms with Gasteiger partial charge in [0.2, 0.25) is 5.78 Å². The maximum absolute atomic E-state index is 12.3. The zero-order chi connectivity index (χ0) is 15.8. The molecule has 0 atom stereocenters. The van der Waals surface area contributed by atoms with Crippen molar-refractivity contribution in [2.75, 3.05) is 0 Å². The summed E-state index contributed by atoms with van der Waals surface area (Å²) < 4.78 is 0.986.